The number of sulfonamides is 1. The Bertz CT molecular complexity index is 630. The smallest absolute Gasteiger partial charge is 0.335 e. The van der Waals surface area contributed by atoms with E-state index >= 15 is 0 Å². The molecule has 1 N–H and O–H groups in total. The van der Waals surface area contributed by atoms with Crippen molar-refractivity contribution in [3.05, 3.63) is 27.7 Å². The van der Waals surface area contributed by atoms with Gasteiger partial charge >= 0.3 is 5.97 Å². The minimum Gasteiger partial charge on any atom is -0.478 e. The third kappa shape index (κ3) is 4.26. The highest BCUT2D eigenvalue weighted by atomic mass is 79.9. The summed E-state index contributed by atoms with van der Waals surface area (Å²) in [4.78, 5) is 11.1. The molecule has 0 bridgehead atoms. The number of hydrogen-bond donors (Lipinski definition) is 1. The van der Waals surface area contributed by atoms with Crippen molar-refractivity contribution in [3.8, 4) is 0 Å². The van der Waals surface area contributed by atoms with Gasteiger partial charge in [0.25, 0.3) is 0 Å². The zero-order valence-electron chi connectivity index (χ0n) is 12.1. The topological polar surface area (TPSA) is 83.9 Å². The van der Waals surface area contributed by atoms with Crippen LogP contribution in [0, 0.1) is 6.92 Å². The summed E-state index contributed by atoms with van der Waals surface area (Å²) >= 11 is 3.20. The number of rotatable bonds is 7. The lowest BCUT2D eigenvalue weighted by Gasteiger charge is -2.19. The van der Waals surface area contributed by atoms with E-state index in [1.165, 1.54) is 23.5 Å². The van der Waals surface area contributed by atoms with Crippen molar-refractivity contribution in [2.24, 2.45) is 0 Å². The lowest BCUT2D eigenvalue weighted by Crippen LogP contribution is -2.29. The van der Waals surface area contributed by atoms with Gasteiger partial charge in [0.1, 0.15) is 0 Å². The predicted molar refractivity (Wildman–Crippen MR) is 82.1 cm³/mol. The van der Waals surface area contributed by atoms with E-state index in [0.29, 0.717) is 29.6 Å². The van der Waals surface area contributed by atoms with Crippen molar-refractivity contribution >= 4 is 31.9 Å². The Kier molecular flexibility index (Phi) is 6.33. The Labute approximate surface area is 132 Å². The summed E-state index contributed by atoms with van der Waals surface area (Å²) in [6, 6.07) is 2.58. The molecule has 0 radical (unpaired) electrons. The standard InChI is InChI=1S/C13H18BrNO5S/c1-9-11(14)7-10(13(16)17)8-12(9)21(18,19)15(2)5-4-6-20-3/h7-8H,4-6H2,1-3H3,(H,16,17). The van der Waals surface area contributed by atoms with Gasteiger partial charge in [0, 0.05) is 31.8 Å². The molecule has 0 heterocycles. The third-order valence-corrected chi connectivity index (χ3v) is 5.86. The molecule has 0 aliphatic carbocycles. The first-order valence-electron chi connectivity index (χ1n) is 6.20. The number of carbonyl (C=O) groups is 1. The highest BCUT2D eigenvalue weighted by Crippen LogP contribution is 2.27. The number of aromatic carboxylic acids is 1. The van der Waals surface area contributed by atoms with Gasteiger partial charge in [-0.15, -0.1) is 0 Å². The van der Waals surface area contributed by atoms with E-state index in [2.05, 4.69) is 15.9 Å². The van der Waals surface area contributed by atoms with E-state index in [9.17, 15) is 13.2 Å². The van der Waals surface area contributed by atoms with E-state index in [0.717, 1.165) is 0 Å². The molecule has 1 aromatic carbocycles. The molecule has 0 saturated carbocycles. The number of hydrogen-bond acceptors (Lipinski definition) is 4. The molecule has 118 valence electrons. The van der Waals surface area contributed by atoms with Crippen LogP contribution in [0.4, 0.5) is 0 Å². The summed E-state index contributed by atoms with van der Waals surface area (Å²) in [5.41, 5.74) is 0.412. The van der Waals surface area contributed by atoms with Gasteiger partial charge in [0.05, 0.1) is 10.5 Å². The molecule has 1 aromatic rings. The fraction of sp³-hybridized carbons (Fsp3) is 0.462. The maximum Gasteiger partial charge on any atom is 0.335 e. The van der Waals surface area contributed by atoms with Gasteiger partial charge in [0.2, 0.25) is 10.0 Å². The monoisotopic (exact) mass is 379 g/mol. The summed E-state index contributed by atoms with van der Waals surface area (Å²) in [5, 5.41) is 9.06. The van der Waals surface area contributed by atoms with Crippen molar-refractivity contribution in [2.45, 2.75) is 18.2 Å². The highest BCUT2D eigenvalue weighted by molar-refractivity contribution is 9.10. The van der Waals surface area contributed by atoms with Crippen LogP contribution in [0.2, 0.25) is 0 Å². The fourth-order valence-electron chi connectivity index (χ4n) is 1.76. The van der Waals surface area contributed by atoms with Crippen molar-refractivity contribution in [3.63, 3.8) is 0 Å². The van der Waals surface area contributed by atoms with Crippen LogP contribution in [0.5, 0.6) is 0 Å². The first-order valence-corrected chi connectivity index (χ1v) is 8.43. The van der Waals surface area contributed by atoms with Crippen molar-refractivity contribution in [1.29, 1.82) is 0 Å². The molecule has 0 amide bonds. The number of carboxylic acid groups (broad SMARTS) is 1. The normalized spacial score (nSPS) is 11.9. The van der Waals surface area contributed by atoms with Gasteiger partial charge in [-0.1, -0.05) is 15.9 Å². The van der Waals surface area contributed by atoms with Crippen LogP contribution in [0.15, 0.2) is 21.5 Å². The van der Waals surface area contributed by atoms with Crippen molar-refractivity contribution in [1.82, 2.24) is 4.31 Å². The second-order valence-corrected chi connectivity index (χ2v) is 7.43. The maximum absolute atomic E-state index is 12.5. The molecule has 0 aliphatic heterocycles. The predicted octanol–water partition coefficient (Wildman–Crippen LogP) is 2.11. The van der Waals surface area contributed by atoms with Crippen LogP contribution >= 0.6 is 15.9 Å². The van der Waals surface area contributed by atoms with Gasteiger partial charge in [-0.2, -0.15) is 0 Å². The Morgan fingerprint density at radius 2 is 2.05 bits per heavy atom. The fourth-order valence-corrected chi connectivity index (χ4v) is 3.83. The zero-order chi connectivity index (χ0) is 16.2. The molecule has 0 aliphatic rings. The number of nitrogens with zero attached hydrogens (tertiary/aromatic N) is 1. The van der Waals surface area contributed by atoms with Crippen LogP contribution < -0.4 is 0 Å². The maximum atomic E-state index is 12.5. The zero-order valence-corrected chi connectivity index (χ0v) is 14.5. The van der Waals surface area contributed by atoms with Crippen LogP contribution in [0.3, 0.4) is 0 Å². The molecule has 0 aromatic heterocycles. The average Bonchev–Trinajstić information content (AvgIpc) is 2.41. The number of ether oxygens (including phenoxy) is 1. The second-order valence-electron chi connectivity index (χ2n) is 4.56. The van der Waals surface area contributed by atoms with Crippen LogP contribution in [-0.4, -0.2) is 51.1 Å². The first kappa shape index (κ1) is 18.1. The third-order valence-electron chi connectivity index (χ3n) is 3.05. The van der Waals surface area contributed by atoms with Gasteiger partial charge in [0.15, 0.2) is 0 Å². The molecule has 0 saturated heterocycles. The molecule has 8 heteroatoms. The van der Waals surface area contributed by atoms with Crippen LogP contribution in [0.1, 0.15) is 22.3 Å². The minimum atomic E-state index is -3.74. The van der Waals surface area contributed by atoms with E-state index < -0.39 is 16.0 Å². The molecular formula is C13H18BrNO5S. The van der Waals surface area contributed by atoms with E-state index in [4.69, 9.17) is 9.84 Å². The summed E-state index contributed by atoms with van der Waals surface area (Å²) in [7, 11) is -0.732. The molecule has 1 rings (SSSR count). The van der Waals surface area contributed by atoms with Gasteiger partial charge < -0.3 is 9.84 Å². The number of methoxy groups -OCH3 is 1. The summed E-state index contributed by atoms with van der Waals surface area (Å²) in [5.74, 6) is -1.17. The van der Waals surface area contributed by atoms with Gasteiger partial charge in [-0.25, -0.2) is 17.5 Å². The number of benzene rings is 1. The number of carboxylic acids is 1. The summed E-state index contributed by atoms with van der Waals surface area (Å²) < 4.78 is 31.6. The molecule has 0 atom stereocenters. The molecule has 0 unspecified atom stereocenters. The molecule has 6 nitrogen and oxygen atoms in total. The Morgan fingerprint density at radius 1 is 1.43 bits per heavy atom. The number of halogens is 1. The summed E-state index contributed by atoms with van der Waals surface area (Å²) in [6.07, 6.45) is 0.561. The van der Waals surface area contributed by atoms with Gasteiger partial charge in [-0.3, -0.25) is 0 Å². The van der Waals surface area contributed by atoms with Gasteiger partial charge in [-0.05, 0) is 31.0 Å². The largest absolute Gasteiger partial charge is 0.478 e. The molecular weight excluding hydrogens is 362 g/mol. The van der Waals surface area contributed by atoms with Crippen LogP contribution in [0.25, 0.3) is 0 Å². The quantitative estimate of drug-likeness (QED) is 0.733. The Balaban J connectivity index is 3.21. The SMILES string of the molecule is COCCCN(C)S(=O)(=O)c1cc(C(=O)O)cc(Br)c1C. The van der Waals surface area contributed by atoms with E-state index in [-0.39, 0.29) is 10.5 Å². The van der Waals surface area contributed by atoms with Crippen molar-refractivity contribution in [2.75, 3.05) is 27.3 Å². The van der Waals surface area contributed by atoms with Crippen LogP contribution in [-0.2, 0) is 14.8 Å². The Hall–Kier alpha value is -0.960. The lowest BCUT2D eigenvalue weighted by molar-refractivity contribution is 0.0696. The van der Waals surface area contributed by atoms with E-state index in [1.807, 2.05) is 0 Å². The summed E-state index contributed by atoms with van der Waals surface area (Å²) in [6.45, 7) is 2.38. The minimum absolute atomic E-state index is 0.00538. The molecule has 0 spiro atoms. The molecule has 0 fully saturated rings. The van der Waals surface area contributed by atoms with E-state index in [1.54, 1.807) is 14.0 Å². The lowest BCUT2D eigenvalue weighted by atomic mass is 10.1. The second kappa shape index (κ2) is 7.35. The molecule has 21 heavy (non-hydrogen) atoms. The Morgan fingerprint density at radius 3 is 2.57 bits per heavy atom. The average molecular weight is 380 g/mol. The highest BCUT2D eigenvalue weighted by Gasteiger charge is 2.25. The van der Waals surface area contributed by atoms with Crippen molar-refractivity contribution < 1.29 is 23.1 Å². The first-order chi connectivity index (χ1) is 9.71.